The zero-order valence-electron chi connectivity index (χ0n) is 16.8. The van der Waals surface area contributed by atoms with Crippen LogP contribution in [0.1, 0.15) is 44.7 Å². The first-order valence-electron chi connectivity index (χ1n) is 9.42. The zero-order chi connectivity index (χ0) is 21.7. The van der Waals surface area contributed by atoms with E-state index in [4.69, 9.17) is 4.74 Å². The summed E-state index contributed by atoms with van der Waals surface area (Å²) in [5, 5.41) is 12.9. The van der Waals surface area contributed by atoms with Crippen LogP contribution in [0.25, 0.3) is 0 Å². The molecular weight excluding hydrogens is 405 g/mol. The second-order valence-electron chi connectivity index (χ2n) is 7.95. The molecule has 2 unspecified atom stereocenters. The van der Waals surface area contributed by atoms with Crippen molar-refractivity contribution in [3.8, 4) is 0 Å². The fraction of sp³-hybridized carbons (Fsp3) is 0.600. The molecule has 0 aromatic heterocycles. The Morgan fingerprint density at radius 3 is 2.48 bits per heavy atom. The lowest BCUT2D eigenvalue weighted by molar-refractivity contribution is -0.137. The second kappa shape index (κ2) is 9.84. The fourth-order valence-electron chi connectivity index (χ4n) is 2.81. The van der Waals surface area contributed by atoms with E-state index < -0.39 is 23.4 Å². The van der Waals surface area contributed by atoms with Crippen molar-refractivity contribution < 1.29 is 27.8 Å². The quantitative estimate of drug-likeness (QED) is 0.669. The molecule has 1 aromatic rings. The smallest absolute Gasteiger partial charge is 0.416 e. The number of carbonyl (C=O) groups excluding carboxylic acids is 1. The molecule has 0 aliphatic carbocycles. The van der Waals surface area contributed by atoms with Crippen LogP contribution < -0.4 is 5.32 Å². The predicted molar refractivity (Wildman–Crippen MR) is 108 cm³/mol. The Morgan fingerprint density at radius 2 is 1.97 bits per heavy atom. The van der Waals surface area contributed by atoms with Gasteiger partial charge >= 0.3 is 12.3 Å². The van der Waals surface area contributed by atoms with Gasteiger partial charge in [-0.25, -0.2) is 4.79 Å². The van der Waals surface area contributed by atoms with Gasteiger partial charge in [0.25, 0.3) is 0 Å². The van der Waals surface area contributed by atoms with Crippen molar-refractivity contribution in [3.63, 3.8) is 0 Å². The molecule has 1 aliphatic rings. The predicted octanol–water partition coefficient (Wildman–Crippen LogP) is 4.43. The summed E-state index contributed by atoms with van der Waals surface area (Å²) in [6.07, 6.45) is -3.40. The molecule has 5 nitrogen and oxygen atoms in total. The summed E-state index contributed by atoms with van der Waals surface area (Å²) in [6.45, 7) is 5.28. The number of alkyl carbamates (subject to hydrolysis) is 1. The molecule has 0 radical (unpaired) electrons. The van der Waals surface area contributed by atoms with Crippen LogP contribution in [0.15, 0.2) is 29.3 Å². The van der Waals surface area contributed by atoms with Crippen molar-refractivity contribution in [2.75, 3.05) is 12.4 Å². The van der Waals surface area contributed by atoms with E-state index in [-0.39, 0.29) is 18.7 Å². The number of carbonyl (C=O) groups is 1. The molecular formula is C20H27F3N2O3S. The summed E-state index contributed by atoms with van der Waals surface area (Å²) >= 11 is 1.58. The van der Waals surface area contributed by atoms with Crippen LogP contribution in [0.5, 0.6) is 0 Å². The van der Waals surface area contributed by atoms with Crippen LogP contribution in [0.4, 0.5) is 18.0 Å². The summed E-state index contributed by atoms with van der Waals surface area (Å²) in [6, 6.07) is 4.53. The monoisotopic (exact) mass is 432 g/mol. The van der Waals surface area contributed by atoms with Gasteiger partial charge in [-0.1, -0.05) is 12.1 Å². The maximum Gasteiger partial charge on any atom is 0.416 e. The highest BCUT2D eigenvalue weighted by atomic mass is 32.2. The lowest BCUT2D eigenvalue weighted by atomic mass is 10.0. The number of thioether (sulfide) groups is 1. The Morgan fingerprint density at radius 1 is 1.31 bits per heavy atom. The van der Waals surface area contributed by atoms with E-state index in [1.807, 2.05) is 0 Å². The molecule has 9 heteroatoms. The summed E-state index contributed by atoms with van der Waals surface area (Å²) in [4.78, 5) is 16.6. The largest absolute Gasteiger partial charge is 0.444 e. The Labute approximate surface area is 173 Å². The first kappa shape index (κ1) is 23.5. The SMILES string of the molecule is CC(C)(C)OC(=O)NC(CCC1=NC(CO)CS1)Cc1ccc(C(F)(F)F)cc1. The van der Waals surface area contributed by atoms with Gasteiger partial charge in [-0.2, -0.15) is 13.2 Å². The topological polar surface area (TPSA) is 70.9 Å². The molecule has 2 N–H and O–H groups in total. The van der Waals surface area contributed by atoms with Gasteiger partial charge in [0.1, 0.15) is 5.60 Å². The number of nitrogens with zero attached hydrogens (tertiary/aromatic N) is 1. The highest BCUT2D eigenvalue weighted by molar-refractivity contribution is 8.14. The molecule has 1 amide bonds. The van der Waals surface area contributed by atoms with Gasteiger partial charge < -0.3 is 15.2 Å². The normalized spacial score (nSPS) is 18.3. The van der Waals surface area contributed by atoms with E-state index >= 15 is 0 Å². The van der Waals surface area contributed by atoms with Crippen LogP contribution in [0.3, 0.4) is 0 Å². The molecule has 2 atom stereocenters. The Kier molecular flexibility index (Phi) is 7.99. The molecule has 0 spiro atoms. The van der Waals surface area contributed by atoms with Crippen LogP contribution in [-0.4, -0.2) is 46.3 Å². The minimum Gasteiger partial charge on any atom is -0.444 e. The number of ether oxygens (including phenoxy) is 1. The second-order valence-corrected chi connectivity index (χ2v) is 9.04. The van der Waals surface area contributed by atoms with Crippen molar-refractivity contribution in [1.29, 1.82) is 0 Å². The molecule has 162 valence electrons. The molecule has 0 saturated heterocycles. The molecule has 2 rings (SSSR count). The molecule has 0 bridgehead atoms. The first-order chi connectivity index (χ1) is 13.5. The Hall–Kier alpha value is -1.74. The van der Waals surface area contributed by atoms with Crippen molar-refractivity contribution in [2.45, 2.75) is 63.9 Å². The first-order valence-corrected chi connectivity index (χ1v) is 10.4. The van der Waals surface area contributed by atoms with Gasteiger partial charge in [-0.05, 0) is 57.7 Å². The van der Waals surface area contributed by atoms with Gasteiger partial charge in [0.15, 0.2) is 0 Å². The lowest BCUT2D eigenvalue weighted by Crippen LogP contribution is -2.40. The number of aliphatic imine (C=N–C) groups is 1. The Bertz CT molecular complexity index is 715. The van der Waals surface area contributed by atoms with Gasteiger partial charge in [0.05, 0.1) is 23.3 Å². The van der Waals surface area contributed by atoms with Crippen molar-refractivity contribution in [1.82, 2.24) is 5.32 Å². The highest BCUT2D eigenvalue weighted by Gasteiger charge is 2.30. The van der Waals surface area contributed by atoms with E-state index in [1.54, 1.807) is 32.5 Å². The van der Waals surface area contributed by atoms with Crippen LogP contribution in [-0.2, 0) is 17.3 Å². The molecule has 29 heavy (non-hydrogen) atoms. The van der Waals surface area contributed by atoms with Crippen LogP contribution in [0.2, 0.25) is 0 Å². The number of hydrogen-bond donors (Lipinski definition) is 2. The number of aliphatic hydroxyl groups excluding tert-OH is 1. The number of rotatable bonds is 7. The number of amides is 1. The molecule has 1 aliphatic heterocycles. The van der Waals surface area contributed by atoms with E-state index in [1.165, 1.54) is 12.1 Å². The van der Waals surface area contributed by atoms with Crippen LogP contribution in [0, 0.1) is 0 Å². The number of aliphatic hydroxyl groups is 1. The van der Waals surface area contributed by atoms with Gasteiger partial charge in [-0.15, -0.1) is 11.8 Å². The molecule has 1 aromatic carbocycles. The number of alkyl halides is 3. The number of nitrogens with one attached hydrogen (secondary N) is 1. The third-order valence-electron chi connectivity index (χ3n) is 4.17. The molecule has 0 fully saturated rings. The fourth-order valence-corrected chi connectivity index (χ4v) is 3.86. The average molecular weight is 433 g/mol. The van der Waals surface area contributed by atoms with E-state index in [0.717, 1.165) is 22.9 Å². The highest BCUT2D eigenvalue weighted by Crippen LogP contribution is 2.29. The maximum absolute atomic E-state index is 12.8. The third kappa shape index (κ3) is 8.26. The number of halogens is 3. The standard InChI is InChI=1S/C20H27F3N2O3S/c1-19(2,3)28-18(27)25-15(8-9-17-24-16(11-26)12-29-17)10-13-4-6-14(7-5-13)20(21,22)23/h4-7,15-16,26H,8-12H2,1-3H3,(H,25,27). The summed E-state index contributed by atoms with van der Waals surface area (Å²) < 4.78 is 43.6. The maximum atomic E-state index is 12.8. The summed E-state index contributed by atoms with van der Waals surface area (Å²) in [7, 11) is 0. The minimum absolute atomic E-state index is 0.00163. The lowest BCUT2D eigenvalue weighted by Gasteiger charge is -2.24. The summed E-state index contributed by atoms with van der Waals surface area (Å²) in [5.41, 5.74) is -0.666. The van der Waals surface area contributed by atoms with E-state index in [0.29, 0.717) is 24.8 Å². The third-order valence-corrected chi connectivity index (χ3v) is 5.36. The number of benzene rings is 1. The van der Waals surface area contributed by atoms with E-state index in [9.17, 15) is 23.1 Å². The van der Waals surface area contributed by atoms with Crippen molar-refractivity contribution >= 4 is 22.9 Å². The van der Waals surface area contributed by atoms with Crippen molar-refractivity contribution in [2.24, 2.45) is 4.99 Å². The van der Waals surface area contributed by atoms with Gasteiger partial charge in [0.2, 0.25) is 0 Å². The average Bonchev–Trinajstić information content (AvgIpc) is 3.06. The summed E-state index contributed by atoms with van der Waals surface area (Å²) in [5.74, 6) is 0.731. The van der Waals surface area contributed by atoms with Crippen molar-refractivity contribution in [3.05, 3.63) is 35.4 Å². The molecule has 1 heterocycles. The minimum atomic E-state index is -4.38. The van der Waals surface area contributed by atoms with Crippen LogP contribution >= 0.6 is 11.8 Å². The zero-order valence-corrected chi connectivity index (χ0v) is 17.6. The van der Waals surface area contributed by atoms with Gasteiger partial charge in [0, 0.05) is 11.8 Å². The van der Waals surface area contributed by atoms with Gasteiger partial charge in [-0.3, -0.25) is 4.99 Å². The molecule has 0 saturated carbocycles. The number of hydrogen-bond acceptors (Lipinski definition) is 5. The van der Waals surface area contributed by atoms with E-state index in [2.05, 4.69) is 10.3 Å². The Balaban J connectivity index is 2.04.